The number of rotatable bonds is 5. The van der Waals surface area contributed by atoms with Crippen LogP contribution < -0.4 is 5.73 Å². The van der Waals surface area contributed by atoms with Gasteiger partial charge in [-0.1, -0.05) is 24.5 Å². The Morgan fingerprint density at radius 1 is 1.41 bits per heavy atom. The lowest BCUT2D eigenvalue weighted by Gasteiger charge is -2.30. The molecule has 0 bridgehead atoms. The third-order valence-corrected chi connectivity index (χ3v) is 3.55. The molecule has 5 nitrogen and oxygen atoms in total. The molecule has 0 amide bonds. The maximum Gasteiger partial charge on any atom is 0.0967 e. The van der Waals surface area contributed by atoms with E-state index in [9.17, 15) is 0 Å². The molecule has 2 rings (SSSR count). The Morgan fingerprint density at radius 2 is 2.18 bits per heavy atom. The van der Waals surface area contributed by atoms with Crippen LogP contribution in [0.3, 0.4) is 0 Å². The Hall–Kier alpha value is -0.940. The standard InChI is InChI=1S/C12H23N5/c1-16(12-5-3-2-4-6-12)9-11-10-17(8-7-13)15-14-11/h10,12H,2-9,13H2,1H3. The summed E-state index contributed by atoms with van der Waals surface area (Å²) in [5.74, 6) is 0. The molecule has 0 radical (unpaired) electrons. The smallest absolute Gasteiger partial charge is 0.0967 e. The van der Waals surface area contributed by atoms with Gasteiger partial charge in [0.1, 0.15) is 0 Å². The predicted octanol–water partition coefficient (Wildman–Crippen LogP) is 1.00. The molecule has 0 atom stereocenters. The molecule has 1 aliphatic carbocycles. The van der Waals surface area contributed by atoms with Gasteiger partial charge in [-0.3, -0.25) is 9.58 Å². The van der Waals surface area contributed by atoms with Crippen molar-refractivity contribution in [2.24, 2.45) is 5.73 Å². The molecule has 0 saturated heterocycles. The Morgan fingerprint density at radius 3 is 2.88 bits per heavy atom. The van der Waals surface area contributed by atoms with Gasteiger partial charge in [0.2, 0.25) is 0 Å². The SMILES string of the molecule is CN(Cc1cn(CCN)nn1)C1CCCCC1. The van der Waals surface area contributed by atoms with Gasteiger partial charge < -0.3 is 5.73 Å². The van der Waals surface area contributed by atoms with E-state index in [4.69, 9.17) is 5.73 Å². The van der Waals surface area contributed by atoms with Gasteiger partial charge in [0, 0.05) is 25.3 Å². The topological polar surface area (TPSA) is 60.0 Å². The zero-order chi connectivity index (χ0) is 12.1. The maximum atomic E-state index is 5.49. The van der Waals surface area contributed by atoms with Crippen molar-refractivity contribution >= 4 is 0 Å². The highest BCUT2D eigenvalue weighted by molar-refractivity contribution is 4.93. The quantitative estimate of drug-likeness (QED) is 0.830. The monoisotopic (exact) mass is 237 g/mol. The van der Waals surface area contributed by atoms with Crippen LogP contribution in [0.15, 0.2) is 6.20 Å². The maximum absolute atomic E-state index is 5.49. The summed E-state index contributed by atoms with van der Waals surface area (Å²) < 4.78 is 1.82. The van der Waals surface area contributed by atoms with Crippen molar-refractivity contribution in [1.29, 1.82) is 0 Å². The second-order valence-corrected chi connectivity index (χ2v) is 4.97. The third kappa shape index (κ3) is 3.51. The van der Waals surface area contributed by atoms with E-state index in [1.165, 1.54) is 32.1 Å². The van der Waals surface area contributed by atoms with E-state index >= 15 is 0 Å². The van der Waals surface area contributed by atoms with E-state index in [2.05, 4.69) is 22.3 Å². The van der Waals surface area contributed by atoms with Crippen LogP contribution in [0.4, 0.5) is 0 Å². The highest BCUT2D eigenvalue weighted by Gasteiger charge is 2.18. The van der Waals surface area contributed by atoms with Crippen LogP contribution in [0.1, 0.15) is 37.8 Å². The van der Waals surface area contributed by atoms with E-state index < -0.39 is 0 Å². The van der Waals surface area contributed by atoms with Crippen molar-refractivity contribution in [3.8, 4) is 0 Å². The Balaban J connectivity index is 1.85. The van der Waals surface area contributed by atoms with Crippen molar-refractivity contribution in [2.75, 3.05) is 13.6 Å². The molecule has 1 aliphatic rings. The second kappa shape index (κ2) is 6.12. The highest BCUT2D eigenvalue weighted by atomic mass is 15.4. The molecule has 0 aromatic carbocycles. The fourth-order valence-corrected chi connectivity index (χ4v) is 2.56. The average Bonchev–Trinajstić information content (AvgIpc) is 2.78. The lowest BCUT2D eigenvalue weighted by Crippen LogP contribution is -2.32. The molecule has 0 unspecified atom stereocenters. The molecule has 1 aromatic rings. The van der Waals surface area contributed by atoms with Gasteiger partial charge >= 0.3 is 0 Å². The van der Waals surface area contributed by atoms with Crippen LogP contribution in [0, 0.1) is 0 Å². The normalized spacial score (nSPS) is 17.8. The summed E-state index contributed by atoms with van der Waals surface area (Å²) in [5, 5.41) is 8.25. The average molecular weight is 237 g/mol. The Kier molecular flexibility index (Phi) is 4.50. The summed E-state index contributed by atoms with van der Waals surface area (Å²) in [6.07, 6.45) is 8.80. The van der Waals surface area contributed by atoms with Gasteiger partial charge in [-0.2, -0.15) is 0 Å². The minimum absolute atomic E-state index is 0.612. The summed E-state index contributed by atoms with van der Waals surface area (Å²) in [7, 11) is 2.19. The molecule has 1 aromatic heterocycles. The Labute approximate surface area is 103 Å². The van der Waals surface area contributed by atoms with Gasteiger partial charge in [0.15, 0.2) is 0 Å². The van der Waals surface area contributed by atoms with E-state index in [1.807, 2.05) is 10.9 Å². The van der Waals surface area contributed by atoms with Crippen molar-refractivity contribution < 1.29 is 0 Å². The molecule has 96 valence electrons. The van der Waals surface area contributed by atoms with Crippen LogP contribution in [-0.4, -0.2) is 39.5 Å². The highest BCUT2D eigenvalue weighted by Crippen LogP contribution is 2.22. The molecule has 5 heteroatoms. The van der Waals surface area contributed by atoms with Crippen LogP contribution in [0.5, 0.6) is 0 Å². The first-order chi connectivity index (χ1) is 8.29. The Bertz CT molecular complexity index is 329. The fraction of sp³-hybridized carbons (Fsp3) is 0.833. The molecule has 1 heterocycles. The summed E-state index contributed by atoms with van der Waals surface area (Å²) in [4.78, 5) is 2.41. The van der Waals surface area contributed by atoms with Gasteiger partial charge in [-0.25, -0.2) is 0 Å². The van der Waals surface area contributed by atoms with E-state index in [-0.39, 0.29) is 0 Å². The van der Waals surface area contributed by atoms with E-state index in [0.717, 1.165) is 24.8 Å². The van der Waals surface area contributed by atoms with Crippen LogP contribution in [0.25, 0.3) is 0 Å². The summed E-state index contributed by atoms with van der Waals surface area (Å²) in [5.41, 5.74) is 6.54. The minimum Gasteiger partial charge on any atom is -0.329 e. The third-order valence-electron chi connectivity index (χ3n) is 3.55. The molecule has 17 heavy (non-hydrogen) atoms. The van der Waals surface area contributed by atoms with Gasteiger partial charge in [-0.15, -0.1) is 5.10 Å². The predicted molar refractivity (Wildman–Crippen MR) is 67.4 cm³/mol. The van der Waals surface area contributed by atoms with E-state index in [0.29, 0.717) is 6.54 Å². The lowest BCUT2D eigenvalue weighted by atomic mass is 9.94. The number of aromatic nitrogens is 3. The number of hydrogen-bond donors (Lipinski definition) is 1. The summed E-state index contributed by atoms with van der Waals surface area (Å²) >= 11 is 0. The lowest BCUT2D eigenvalue weighted by molar-refractivity contribution is 0.182. The molecular formula is C12H23N5. The first-order valence-corrected chi connectivity index (χ1v) is 6.59. The molecular weight excluding hydrogens is 214 g/mol. The molecule has 2 N–H and O–H groups in total. The van der Waals surface area contributed by atoms with Gasteiger partial charge in [0.25, 0.3) is 0 Å². The largest absolute Gasteiger partial charge is 0.329 e. The number of nitrogens with zero attached hydrogens (tertiary/aromatic N) is 4. The van der Waals surface area contributed by atoms with Crippen molar-refractivity contribution in [1.82, 2.24) is 19.9 Å². The summed E-state index contributed by atoms with van der Waals surface area (Å²) in [6, 6.07) is 0.725. The van der Waals surface area contributed by atoms with Crippen molar-refractivity contribution in [3.63, 3.8) is 0 Å². The molecule has 1 saturated carbocycles. The van der Waals surface area contributed by atoms with Crippen LogP contribution >= 0.6 is 0 Å². The molecule has 0 spiro atoms. The van der Waals surface area contributed by atoms with Crippen LogP contribution in [-0.2, 0) is 13.1 Å². The zero-order valence-electron chi connectivity index (χ0n) is 10.7. The summed E-state index contributed by atoms with van der Waals surface area (Å²) in [6.45, 7) is 2.26. The van der Waals surface area contributed by atoms with Gasteiger partial charge in [-0.05, 0) is 19.9 Å². The van der Waals surface area contributed by atoms with Crippen molar-refractivity contribution in [2.45, 2.75) is 51.2 Å². The van der Waals surface area contributed by atoms with E-state index in [1.54, 1.807) is 0 Å². The first-order valence-electron chi connectivity index (χ1n) is 6.59. The zero-order valence-corrected chi connectivity index (χ0v) is 10.7. The minimum atomic E-state index is 0.612. The molecule has 0 aliphatic heterocycles. The van der Waals surface area contributed by atoms with Crippen LogP contribution in [0.2, 0.25) is 0 Å². The molecule has 1 fully saturated rings. The van der Waals surface area contributed by atoms with Gasteiger partial charge in [0.05, 0.1) is 12.2 Å². The second-order valence-electron chi connectivity index (χ2n) is 4.97. The fourth-order valence-electron chi connectivity index (χ4n) is 2.56. The van der Waals surface area contributed by atoms with Crippen molar-refractivity contribution in [3.05, 3.63) is 11.9 Å². The number of hydrogen-bond acceptors (Lipinski definition) is 4. The first kappa shape index (κ1) is 12.5. The number of nitrogens with two attached hydrogens (primary N) is 1.